The van der Waals surface area contributed by atoms with E-state index in [1.807, 2.05) is 0 Å². The fourth-order valence-corrected chi connectivity index (χ4v) is 2.00. The number of Topliss-reactive ketones (excluding diaryl/α,β-unsaturated/α-hetero) is 1. The molecule has 114 valence electrons. The van der Waals surface area contributed by atoms with Gasteiger partial charge < -0.3 is 9.15 Å². The van der Waals surface area contributed by atoms with Gasteiger partial charge in [-0.25, -0.2) is 9.18 Å². The molecular formula is C16H12BrFO4. The van der Waals surface area contributed by atoms with Gasteiger partial charge in [-0.2, -0.15) is 0 Å². The Morgan fingerprint density at radius 1 is 1.23 bits per heavy atom. The highest BCUT2D eigenvalue weighted by Crippen LogP contribution is 2.15. The van der Waals surface area contributed by atoms with Gasteiger partial charge in [-0.05, 0) is 65.3 Å². The largest absolute Gasteiger partial charge is 0.451 e. The highest BCUT2D eigenvalue weighted by Gasteiger charge is 2.18. The zero-order valence-electron chi connectivity index (χ0n) is 11.6. The number of ketones is 1. The average Bonchev–Trinajstić information content (AvgIpc) is 2.91. The number of carbonyl (C=O) groups is 2. The average molecular weight is 367 g/mol. The number of halogens is 2. The fourth-order valence-electron chi connectivity index (χ4n) is 1.68. The van der Waals surface area contributed by atoms with Gasteiger partial charge in [0, 0.05) is 11.6 Å². The van der Waals surface area contributed by atoms with E-state index in [9.17, 15) is 14.0 Å². The van der Waals surface area contributed by atoms with Crippen LogP contribution in [0.25, 0.3) is 6.08 Å². The first-order chi connectivity index (χ1) is 10.5. The Kier molecular flexibility index (Phi) is 5.27. The van der Waals surface area contributed by atoms with Gasteiger partial charge >= 0.3 is 5.97 Å². The van der Waals surface area contributed by atoms with Crippen molar-refractivity contribution < 1.29 is 23.1 Å². The zero-order chi connectivity index (χ0) is 16.1. The number of benzene rings is 1. The van der Waals surface area contributed by atoms with Crippen molar-refractivity contribution >= 4 is 33.8 Å². The topological polar surface area (TPSA) is 56.5 Å². The molecule has 0 fully saturated rings. The molecule has 0 amide bonds. The van der Waals surface area contributed by atoms with Crippen LogP contribution >= 0.6 is 15.9 Å². The van der Waals surface area contributed by atoms with Crippen molar-refractivity contribution in [3.63, 3.8) is 0 Å². The van der Waals surface area contributed by atoms with Gasteiger partial charge in [0.2, 0.25) is 5.78 Å². The van der Waals surface area contributed by atoms with Crippen molar-refractivity contribution in [2.24, 2.45) is 0 Å². The Labute approximate surface area is 134 Å². The molecule has 0 saturated heterocycles. The van der Waals surface area contributed by atoms with Crippen LogP contribution in [0.5, 0.6) is 0 Å². The minimum atomic E-state index is -0.967. The molecule has 4 nitrogen and oxygen atoms in total. The SMILES string of the molecule is C[C@@H](OC(=O)/C=C/c1ccc(Br)o1)C(=O)c1ccc(F)cc1. The lowest BCUT2D eigenvalue weighted by Crippen LogP contribution is -2.23. The van der Waals surface area contributed by atoms with E-state index in [2.05, 4.69) is 15.9 Å². The van der Waals surface area contributed by atoms with Gasteiger partial charge in [0.1, 0.15) is 11.6 Å². The molecule has 22 heavy (non-hydrogen) atoms. The molecule has 0 saturated carbocycles. The van der Waals surface area contributed by atoms with Crippen LogP contribution in [0.1, 0.15) is 23.0 Å². The lowest BCUT2D eigenvalue weighted by molar-refractivity contribution is -0.140. The Hall–Kier alpha value is -2.21. The second-order valence-corrected chi connectivity index (χ2v) is 5.21. The van der Waals surface area contributed by atoms with E-state index in [0.717, 1.165) is 0 Å². The molecule has 0 aliphatic carbocycles. The first-order valence-corrected chi connectivity index (χ1v) is 7.19. The Bertz CT molecular complexity index is 703. The predicted octanol–water partition coefficient (Wildman–Crippen LogP) is 4.01. The molecule has 0 bridgehead atoms. The zero-order valence-corrected chi connectivity index (χ0v) is 13.2. The second kappa shape index (κ2) is 7.17. The summed E-state index contributed by atoms with van der Waals surface area (Å²) in [6.45, 7) is 1.46. The number of hydrogen-bond donors (Lipinski definition) is 0. The second-order valence-electron chi connectivity index (χ2n) is 4.43. The summed E-state index contributed by atoms with van der Waals surface area (Å²) < 4.78 is 23.5. The molecule has 1 aromatic carbocycles. The molecule has 1 heterocycles. The summed E-state index contributed by atoms with van der Waals surface area (Å²) in [7, 11) is 0. The van der Waals surface area contributed by atoms with Crippen LogP contribution in [0.2, 0.25) is 0 Å². The monoisotopic (exact) mass is 366 g/mol. The van der Waals surface area contributed by atoms with E-state index in [-0.39, 0.29) is 5.56 Å². The summed E-state index contributed by atoms with van der Waals surface area (Å²) in [5.74, 6) is -1.03. The minimum Gasteiger partial charge on any atom is -0.451 e. The third kappa shape index (κ3) is 4.39. The first-order valence-electron chi connectivity index (χ1n) is 6.39. The number of hydrogen-bond acceptors (Lipinski definition) is 4. The van der Waals surface area contributed by atoms with E-state index in [0.29, 0.717) is 10.4 Å². The van der Waals surface area contributed by atoms with E-state index < -0.39 is 23.7 Å². The van der Waals surface area contributed by atoms with E-state index >= 15 is 0 Å². The highest BCUT2D eigenvalue weighted by atomic mass is 79.9. The molecule has 0 aliphatic rings. The number of furan rings is 1. The summed E-state index contributed by atoms with van der Waals surface area (Å²) in [6.07, 6.45) is 1.63. The Balaban J connectivity index is 1.94. The summed E-state index contributed by atoms with van der Waals surface area (Å²) in [5, 5.41) is 0. The molecule has 0 aliphatic heterocycles. The fraction of sp³-hybridized carbons (Fsp3) is 0.125. The van der Waals surface area contributed by atoms with Crippen LogP contribution < -0.4 is 0 Å². The lowest BCUT2D eigenvalue weighted by Gasteiger charge is -2.10. The molecular weight excluding hydrogens is 355 g/mol. The summed E-state index contributed by atoms with van der Waals surface area (Å²) in [6, 6.07) is 8.40. The number of esters is 1. The van der Waals surface area contributed by atoms with Gasteiger partial charge in [-0.15, -0.1) is 0 Å². The molecule has 1 aromatic heterocycles. The van der Waals surface area contributed by atoms with E-state index in [1.165, 1.54) is 43.3 Å². The number of rotatable bonds is 5. The molecule has 0 spiro atoms. The molecule has 0 N–H and O–H groups in total. The number of carbonyl (C=O) groups excluding carboxylic acids is 2. The standard InChI is InChI=1S/C16H12BrFO4/c1-10(16(20)11-2-4-12(18)5-3-11)21-15(19)9-7-13-6-8-14(17)22-13/h2-10H,1H3/b9-7+/t10-/m1/s1. The quantitative estimate of drug-likeness (QED) is 0.455. The van der Waals surface area contributed by atoms with Crippen molar-refractivity contribution in [1.82, 2.24) is 0 Å². The van der Waals surface area contributed by atoms with E-state index in [1.54, 1.807) is 12.1 Å². The highest BCUT2D eigenvalue weighted by molar-refractivity contribution is 9.10. The third-order valence-electron chi connectivity index (χ3n) is 2.77. The minimum absolute atomic E-state index is 0.278. The van der Waals surface area contributed by atoms with Gasteiger partial charge in [0.25, 0.3) is 0 Å². The van der Waals surface area contributed by atoms with Gasteiger partial charge in [-0.3, -0.25) is 4.79 Å². The summed E-state index contributed by atoms with van der Waals surface area (Å²) in [5.41, 5.74) is 0.278. The van der Waals surface area contributed by atoms with Crippen molar-refractivity contribution in [1.29, 1.82) is 0 Å². The maximum Gasteiger partial charge on any atom is 0.331 e. The van der Waals surface area contributed by atoms with Crippen molar-refractivity contribution in [2.75, 3.05) is 0 Å². The molecule has 6 heteroatoms. The van der Waals surface area contributed by atoms with Gasteiger partial charge in [0.05, 0.1) is 0 Å². The molecule has 0 radical (unpaired) electrons. The molecule has 0 unspecified atom stereocenters. The first kappa shape index (κ1) is 16.2. The smallest absolute Gasteiger partial charge is 0.331 e. The summed E-state index contributed by atoms with van der Waals surface area (Å²) >= 11 is 3.14. The summed E-state index contributed by atoms with van der Waals surface area (Å²) in [4.78, 5) is 23.7. The van der Waals surface area contributed by atoms with Crippen LogP contribution in [0.3, 0.4) is 0 Å². The van der Waals surface area contributed by atoms with Crippen molar-refractivity contribution in [2.45, 2.75) is 13.0 Å². The third-order valence-corrected chi connectivity index (χ3v) is 3.19. The normalized spacial score (nSPS) is 12.3. The van der Waals surface area contributed by atoms with Crippen molar-refractivity contribution in [3.05, 3.63) is 64.3 Å². The van der Waals surface area contributed by atoms with Gasteiger partial charge in [-0.1, -0.05) is 0 Å². The van der Waals surface area contributed by atoms with E-state index in [4.69, 9.17) is 9.15 Å². The predicted molar refractivity (Wildman–Crippen MR) is 81.7 cm³/mol. The molecule has 2 aromatic rings. The lowest BCUT2D eigenvalue weighted by atomic mass is 10.1. The number of ether oxygens (including phenoxy) is 1. The molecule has 1 atom stereocenters. The van der Waals surface area contributed by atoms with Gasteiger partial charge in [0.15, 0.2) is 10.8 Å². The van der Waals surface area contributed by atoms with Crippen LogP contribution in [-0.4, -0.2) is 17.9 Å². The van der Waals surface area contributed by atoms with Crippen LogP contribution in [0, 0.1) is 5.82 Å². The van der Waals surface area contributed by atoms with Crippen LogP contribution in [0.4, 0.5) is 4.39 Å². The Morgan fingerprint density at radius 2 is 1.91 bits per heavy atom. The van der Waals surface area contributed by atoms with Crippen LogP contribution in [0.15, 0.2) is 51.6 Å². The molecule has 2 rings (SSSR count). The maximum absolute atomic E-state index is 12.8. The maximum atomic E-state index is 12.8. The van der Waals surface area contributed by atoms with Crippen molar-refractivity contribution in [3.8, 4) is 0 Å². The Morgan fingerprint density at radius 3 is 2.50 bits per heavy atom. The van der Waals surface area contributed by atoms with Crippen LogP contribution in [-0.2, 0) is 9.53 Å².